The molecule has 6 heteroatoms. The van der Waals surface area contributed by atoms with Crippen molar-refractivity contribution in [1.82, 2.24) is 19.4 Å². The van der Waals surface area contributed by atoms with E-state index in [9.17, 15) is 9.18 Å². The number of likely N-dealkylation sites (tertiary alicyclic amines) is 1. The molecule has 0 spiro atoms. The average Bonchev–Trinajstić information content (AvgIpc) is 2.93. The van der Waals surface area contributed by atoms with Gasteiger partial charge in [-0.25, -0.2) is 9.37 Å². The number of imidazole rings is 1. The molecule has 1 amide bonds. The first-order valence-electron chi connectivity index (χ1n) is 7.03. The molecule has 5 nitrogen and oxygen atoms in total. The standard InChI is InChI=1S/C15H17FN4O/c1-19-8-6-18-14(19)11-3-2-7-20(10-11)15(21)12-4-5-17-9-13(12)16/h4-6,8-9,11H,2-3,7,10H2,1H3/t11-/m1/s1. The van der Waals surface area contributed by atoms with Crippen molar-refractivity contribution in [2.45, 2.75) is 18.8 Å². The molecule has 0 N–H and O–H groups in total. The van der Waals surface area contributed by atoms with Crippen molar-refractivity contribution in [2.24, 2.45) is 7.05 Å². The molecular formula is C15H17FN4O. The number of aromatic nitrogens is 3. The fourth-order valence-corrected chi connectivity index (χ4v) is 2.86. The van der Waals surface area contributed by atoms with Gasteiger partial charge in [0.05, 0.1) is 11.8 Å². The third-order valence-electron chi connectivity index (χ3n) is 3.94. The van der Waals surface area contributed by atoms with E-state index in [1.807, 2.05) is 17.8 Å². The molecule has 3 rings (SSSR count). The van der Waals surface area contributed by atoms with Gasteiger partial charge in [-0.15, -0.1) is 0 Å². The van der Waals surface area contributed by atoms with Crippen molar-refractivity contribution in [3.05, 3.63) is 48.1 Å². The van der Waals surface area contributed by atoms with Gasteiger partial charge in [0.2, 0.25) is 0 Å². The zero-order chi connectivity index (χ0) is 14.8. The zero-order valence-corrected chi connectivity index (χ0v) is 11.9. The van der Waals surface area contributed by atoms with Crippen molar-refractivity contribution in [3.63, 3.8) is 0 Å². The van der Waals surface area contributed by atoms with Crippen LogP contribution in [0.1, 0.15) is 34.9 Å². The highest BCUT2D eigenvalue weighted by Crippen LogP contribution is 2.26. The number of piperidine rings is 1. The Morgan fingerprint density at radius 1 is 1.43 bits per heavy atom. The summed E-state index contributed by atoms with van der Waals surface area (Å²) >= 11 is 0. The van der Waals surface area contributed by atoms with Gasteiger partial charge >= 0.3 is 0 Å². The van der Waals surface area contributed by atoms with Gasteiger partial charge < -0.3 is 9.47 Å². The van der Waals surface area contributed by atoms with Crippen LogP contribution in [-0.4, -0.2) is 38.4 Å². The molecule has 0 aromatic carbocycles. The van der Waals surface area contributed by atoms with Crippen molar-refractivity contribution < 1.29 is 9.18 Å². The Kier molecular flexibility index (Phi) is 3.68. The first kappa shape index (κ1) is 13.7. The summed E-state index contributed by atoms with van der Waals surface area (Å²) in [6.07, 6.45) is 8.07. The Morgan fingerprint density at radius 2 is 2.29 bits per heavy atom. The molecule has 21 heavy (non-hydrogen) atoms. The van der Waals surface area contributed by atoms with Crippen LogP contribution in [0.25, 0.3) is 0 Å². The Hall–Kier alpha value is -2.24. The Labute approximate surface area is 122 Å². The maximum absolute atomic E-state index is 13.7. The van der Waals surface area contributed by atoms with E-state index in [-0.39, 0.29) is 17.4 Å². The van der Waals surface area contributed by atoms with Crippen LogP contribution in [-0.2, 0) is 7.05 Å². The van der Waals surface area contributed by atoms with Gasteiger partial charge in [-0.3, -0.25) is 9.78 Å². The number of hydrogen-bond donors (Lipinski definition) is 0. The van der Waals surface area contributed by atoms with Crippen molar-refractivity contribution >= 4 is 5.91 Å². The summed E-state index contributed by atoms with van der Waals surface area (Å²) in [5.41, 5.74) is 0.0884. The predicted octanol–water partition coefficient (Wildman–Crippen LogP) is 1.97. The van der Waals surface area contributed by atoms with E-state index in [0.717, 1.165) is 24.9 Å². The number of carbonyl (C=O) groups excluding carboxylic acids is 1. The van der Waals surface area contributed by atoms with Crippen LogP contribution in [0.2, 0.25) is 0 Å². The third-order valence-corrected chi connectivity index (χ3v) is 3.94. The number of aryl methyl sites for hydroxylation is 1. The van der Waals surface area contributed by atoms with Crippen LogP contribution >= 0.6 is 0 Å². The van der Waals surface area contributed by atoms with Crippen LogP contribution in [0.15, 0.2) is 30.9 Å². The Balaban J connectivity index is 1.79. The second kappa shape index (κ2) is 5.63. The third kappa shape index (κ3) is 2.66. The SMILES string of the molecule is Cn1ccnc1[C@@H]1CCCN(C(=O)c2ccncc2F)C1. The summed E-state index contributed by atoms with van der Waals surface area (Å²) in [6.45, 7) is 1.23. The molecule has 2 aromatic heterocycles. The molecule has 0 aliphatic carbocycles. The number of pyridine rings is 1. The van der Waals surface area contributed by atoms with Gasteiger partial charge in [0.1, 0.15) is 5.82 Å². The number of amides is 1. The molecule has 1 aliphatic heterocycles. The van der Waals surface area contributed by atoms with Crippen LogP contribution < -0.4 is 0 Å². The van der Waals surface area contributed by atoms with Gasteiger partial charge in [0, 0.05) is 44.6 Å². The van der Waals surface area contributed by atoms with Crippen LogP contribution in [0.4, 0.5) is 4.39 Å². The molecule has 2 aromatic rings. The number of carbonyl (C=O) groups is 1. The van der Waals surface area contributed by atoms with E-state index >= 15 is 0 Å². The summed E-state index contributed by atoms with van der Waals surface area (Å²) < 4.78 is 15.7. The second-order valence-corrected chi connectivity index (χ2v) is 5.34. The zero-order valence-electron chi connectivity index (χ0n) is 11.9. The van der Waals surface area contributed by atoms with E-state index in [2.05, 4.69) is 9.97 Å². The van der Waals surface area contributed by atoms with Gasteiger partial charge in [0.15, 0.2) is 5.82 Å². The van der Waals surface area contributed by atoms with Crippen LogP contribution in [0.3, 0.4) is 0 Å². The van der Waals surface area contributed by atoms with Crippen LogP contribution in [0.5, 0.6) is 0 Å². The molecular weight excluding hydrogens is 271 g/mol. The Morgan fingerprint density at radius 3 is 3.00 bits per heavy atom. The molecule has 1 fully saturated rings. The molecule has 3 heterocycles. The van der Waals surface area contributed by atoms with E-state index in [1.165, 1.54) is 12.3 Å². The minimum Gasteiger partial charge on any atom is -0.338 e. The first-order valence-corrected chi connectivity index (χ1v) is 7.03. The average molecular weight is 288 g/mol. The van der Waals surface area contributed by atoms with Crippen LogP contribution in [0, 0.1) is 5.82 Å². The quantitative estimate of drug-likeness (QED) is 0.849. The van der Waals surface area contributed by atoms with Crippen molar-refractivity contribution in [2.75, 3.05) is 13.1 Å². The number of hydrogen-bond acceptors (Lipinski definition) is 3. The summed E-state index contributed by atoms with van der Waals surface area (Å²) in [4.78, 5) is 22.2. The second-order valence-electron chi connectivity index (χ2n) is 5.34. The molecule has 0 unspecified atom stereocenters. The topological polar surface area (TPSA) is 51.0 Å². The highest BCUT2D eigenvalue weighted by Gasteiger charge is 2.28. The van der Waals surface area contributed by atoms with E-state index in [0.29, 0.717) is 13.1 Å². The normalized spacial score (nSPS) is 18.8. The molecule has 0 bridgehead atoms. The maximum Gasteiger partial charge on any atom is 0.256 e. The lowest BCUT2D eigenvalue weighted by Gasteiger charge is -2.32. The monoisotopic (exact) mass is 288 g/mol. The molecule has 0 radical (unpaired) electrons. The minimum absolute atomic E-state index is 0.0884. The smallest absolute Gasteiger partial charge is 0.256 e. The number of halogens is 1. The Bertz CT molecular complexity index is 655. The van der Waals surface area contributed by atoms with Crippen molar-refractivity contribution in [1.29, 1.82) is 0 Å². The largest absolute Gasteiger partial charge is 0.338 e. The lowest BCUT2D eigenvalue weighted by molar-refractivity contribution is 0.0698. The number of nitrogens with zero attached hydrogens (tertiary/aromatic N) is 4. The van der Waals surface area contributed by atoms with Gasteiger partial charge in [0.25, 0.3) is 5.91 Å². The van der Waals surface area contributed by atoms with Crippen molar-refractivity contribution in [3.8, 4) is 0 Å². The molecule has 0 saturated carbocycles. The molecule has 1 saturated heterocycles. The highest BCUT2D eigenvalue weighted by molar-refractivity contribution is 5.94. The van der Waals surface area contributed by atoms with E-state index < -0.39 is 5.82 Å². The summed E-state index contributed by atoms with van der Waals surface area (Å²) in [5.74, 6) is 0.339. The fourth-order valence-electron chi connectivity index (χ4n) is 2.86. The summed E-state index contributed by atoms with van der Waals surface area (Å²) in [7, 11) is 1.95. The molecule has 1 atom stereocenters. The van der Waals surface area contributed by atoms with E-state index in [4.69, 9.17) is 0 Å². The minimum atomic E-state index is -0.568. The lowest BCUT2D eigenvalue weighted by atomic mass is 9.96. The fraction of sp³-hybridized carbons (Fsp3) is 0.400. The molecule has 1 aliphatic rings. The summed E-state index contributed by atoms with van der Waals surface area (Å²) in [5, 5.41) is 0. The molecule has 110 valence electrons. The van der Waals surface area contributed by atoms with Gasteiger partial charge in [-0.1, -0.05) is 0 Å². The maximum atomic E-state index is 13.7. The van der Waals surface area contributed by atoms with Gasteiger partial charge in [-0.2, -0.15) is 0 Å². The number of rotatable bonds is 2. The summed E-state index contributed by atoms with van der Waals surface area (Å²) in [6, 6.07) is 1.43. The predicted molar refractivity (Wildman–Crippen MR) is 75.3 cm³/mol. The lowest BCUT2D eigenvalue weighted by Crippen LogP contribution is -2.40. The van der Waals surface area contributed by atoms with Gasteiger partial charge in [-0.05, 0) is 18.9 Å². The first-order chi connectivity index (χ1) is 10.2. The van der Waals surface area contributed by atoms with E-state index in [1.54, 1.807) is 11.1 Å². The highest BCUT2D eigenvalue weighted by atomic mass is 19.1.